The van der Waals surface area contributed by atoms with E-state index in [0.717, 1.165) is 61.5 Å². The number of benzene rings is 7. The first kappa shape index (κ1) is 73.7. The number of halogens is 5. The Hall–Kier alpha value is -11.5. The molecule has 0 unspecified atom stereocenters. The van der Waals surface area contributed by atoms with Crippen molar-refractivity contribution in [3.63, 3.8) is 0 Å². The zero-order valence-electron chi connectivity index (χ0n) is 56.8. The third-order valence-corrected chi connectivity index (χ3v) is 19.0. The third-order valence-electron chi connectivity index (χ3n) is 19.0. The number of carbonyl (C=O) groups excluding carboxylic acids is 6. The lowest BCUT2D eigenvalue weighted by molar-refractivity contribution is -0.152. The van der Waals surface area contributed by atoms with Crippen molar-refractivity contribution < 1.29 is 85.3 Å². The van der Waals surface area contributed by atoms with Gasteiger partial charge in [0.05, 0.1) is 62.8 Å². The Balaban J connectivity index is 0.000000156. The van der Waals surface area contributed by atoms with Crippen LogP contribution in [-0.2, 0) is 78.8 Å². The van der Waals surface area contributed by atoms with Crippen molar-refractivity contribution in [3.05, 3.63) is 238 Å². The second-order valence-corrected chi connectivity index (χ2v) is 26.2. The number of ether oxygens (including phenoxy) is 4. The monoisotopic (exact) mass is 1420 g/mol. The smallest absolute Gasteiger partial charge is 0.433 e. The molecule has 13 rings (SSSR count). The predicted molar refractivity (Wildman–Crippen MR) is 370 cm³/mol. The van der Waals surface area contributed by atoms with Crippen molar-refractivity contribution in [1.29, 1.82) is 0 Å². The first-order valence-electron chi connectivity index (χ1n) is 33.1. The molecule has 26 heteroatoms. The molecule has 5 amide bonds. The number of aromatic nitrogens is 3. The lowest BCUT2D eigenvalue weighted by Crippen LogP contribution is -2.36. The van der Waals surface area contributed by atoms with E-state index in [1.54, 1.807) is 92.1 Å². The topological polar surface area (TPSA) is 304 Å². The van der Waals surface area contributed by atoms with E-state index >= 15 is 0 Å². The van der Waals surface area contributed by atoms with Crippen LogP contribution >= 0.6 is 0 Å². The molecule has 538 valence electrons. The van der Waals surface area contributed by atoms with E-state index in [0.29, 0.717) is 34.2 Å². The number of nitrogens with two attached hydrogens (primary N) is 1. The van der Waals surface area contributed by atoms with Gasteiger partial charge in [0.2, 0.25) is 29.5 Å². The molecule has 3 saturated carbocycles. The molecule has 0 spiro atoms. The molecule has 21 nitrogen and oxygen atoms in total. The van der Waals surface area contributed by atoms with Gasteiger partial charge in [0, 0.05) is 58.2 Å². The van der Waals surface area contributed by atoms with Crippen molar-refractivity contribution in [2.75, 3.05) is 20.7 Å². The minimum absolute atomic E-state index is 0.0643. The minimum atomic E-state index is -4.58. The molecule has 0 bridgehead atoms. The molecule has 104 heavy (non-hydrogen) atoms. The molecule has 0 radical (unpaired) electrons. The number of primary amides is 1. The molecule has 3 aliphatic carbocycles. The lowest BCUT2D eigenvalue weighted by atomic mass is 9.92. The number of esters is 1. The van der Waals surface area contributed by atoms with Crippen LogP contribution in [0.4, 0.5) is 22.0 Å². The van der Waals surface area contributed by atoms with Gasteiger partial charge in [-0.1, -0.05) is 109 Å². The first-order chi connectivity index (χ1) is 49.8. The summed E-state index contributed by atoms with van der Waals surface area (Å²) in [6, 6.07) is 52.4. The largest absolute Gasteiger partial charge is 0.489 e. The number of rotatable bonds is 23. The Bertz CT molecular complexity index is 4900. The number of nitrogens with zero attached hydrogens (tertiary/aromatic N) is 4. The maximum absolute atomic E-state index is 15.0. The van der Waals surface area contributed by atoms with Gasteiger partial charge in [-0.2, -0.15) is 13.2 Å². The average Bonchev–Trinajstić information content (AvgIpc) is 1.58. The quantitative estimate of drug-likeness (QED) is 0.0135. The van der Waals surface area contributed by atoms with Crippen LogP contribution in [0, 0.1) is 52.6 Å². The standard InChI is InChI=1S/C28H24FN3O4.C25H23F3N2O5.C25H26FN3O4/c29-22-12-17(14-28(27(30)34)15-21(28)26(33)32-35)10-11-25(22)36-16-19-13-24(18-6-2-1-3-7-18)31-23-9-5-4-8-20(19)23;1-2-34-23(32)24(13-19(24)22(31)30-33)12-15-7-9-17(10-8-15)35-14-16-11-21(25(26,27)28)29-20-6-4-3-5-18(16)20;1-15-10-17(18-6-4-5-7-21(18)27-15)14-33-22-9-8-16(11-20(22)26)12-25(24(31)29(2)3)13-19(25)23(30)28-32/h1-13,21,35H,14-16H2,(H2,30,34)(H,32,33);3-11,19,33H,2,12-14H2,1H3,(H,30,31);4-11,19,32H,12-14H2,1-3H3,(H,28,30)/t21-,28+;19-,24+;19-,25+/m111/s1. The van der Waals surface area contributed by atoms with E-state index in [2.05, 4.69) is 9.97 Å². The highest BCUT2D eigenvalue weighted by Crippen LogP contribution is 2.58. The summed E-state index contributed by atoms with van der Waals surface area (Å²) in [4.78, 5) is 87.2. The number of amides is 5. The highest BCUT2D eigenvalue weighted by molar-refractivity contribution is 5.97. The molecule has 8 N–H and O–H groups in total. The number of carbonyl (C=O) groups is 6. The molecule has 0 saturated heterocycles. The van der Waals surface area contributed by atoms with Crippen molar-refractivity contribution in [1.82, 2.24) is 36.3 Å². The van der Waals surface area contributed by atoms with Gasteiger partial charge >= 0.3 is 12.1 Å². The van der Waals surface area contributed by atoms with Crippen LogP contribution in [-0.4, -0.2) is 91.7 Å². The number of para-hydroxylation sites is 3. The molecular formula is C78H73F5N8O13. The van der Waals surface area contributed by atoms with Gasteiger partial charge < -0.3 is 29.6 Å². The highest BCUT2D eigenvalue weighted by atomic mass is 19.4. The fraction of sp³-hybridized carbons (Fsp3) is 0.269. The second kappa shape index (κ2) is 31.0. The van der Waals surface area contributed by atoms with Gasteiger partial charge in [-0.15, -0.1) is 0 Å². The fourth-order valence-electron chi connectivity index (χ4n) is 13.4. The van der Waals surface area contributed by atoms with Crippen LogP contribution in [0.3, 0.4) is 0 Å². The van der Waals surface area contributed by atoms with Crippen LogP contribution in [0.15, 0.2) is 182 Å². The van der Waals surface area contributed by atoms with Gasteiger partial charge in [0.25, 0.3) is 0 Å². The van der Waals surface area contributed by atoms with Gasteiger partial charge in [-0.05, 0) is 142 Å². The van der Waals surface area contributed by atoms with Gasteiger partial charge in [0.15, 0.2) is 23.1 Å². The van der Waals surface area contributed by atoms with E-state index in [1.807, 2.05) is 97.9 Å². The van der Waals surface area contributed by atoms with E-state index in [-0.39, 0.29) is 81.5 Å². The van der Waals surface area contributed by atoms with Crippen molar-refractivity contribution in [2.24, 2.45) is 39.7 Å². The Morgan fingerprint density at radius 2 is 0.962 bits per heavy atom. The van der Waals surface area contributed by atoms with Gasteiger partial charge in [0.1, 0.15) is 31.3 Å². The van der Waals surface area contributed by atoms with Crippen LogP contribution < -0.4 is 36.4 Å². The maximum Gasteiger partial charge on any atom is 0.433 e. The number of hydrogen-bond donors (Lipinski definition) is 7. The highest BCUT2D eigenvalue weighted by Gasteiger charge is 2.65. The molecule has 7 aromatic carbocycles. The molecule has 3 fully saturated rings. The van der Waals surface area contributed by atoms with Crippen molar-refractivity contribution >= 4 is 68.2 Å². The predicted octanol–water partition coefficient (Wildman–Crippen LogP) is 12.0. The summed E-state index contributed by atoms with van der Waals surface area (Å²) in [5, 5.41) is 29.2. The molecule has 6 atom stereocenters. The first-order valence-corrected chi connectivity index (χ1v) is 33.1. The Kier molecular flexibility index (Phi) is 22.0. The number of hydrogen-bond acceptors (Lipinski definition) is 16. The van der Waals surface area contributed by atoms with E-state index in [9.17, 15) is 50.7 Å². The van der Waals surface area contributed by atoms with Crippen LogP contribution in [0.2, 0.25) is 0 Å². The summed E-state index contributed by atoms with van der Waals surface area (Å²) in [7, 11) is 3.22. The normalized spacial score (nSPS) is 19.0. The number of hydroxylamine groups is 3. The van der Waals surface area contributed by atoms with Crippen molar-refractivity contribution in [2.45, 2.75) is 78.4 Å². The van der Waals surface area contributed by atoms with Crippen LogP contribution in [0.5, 0.6) is 17.2 Å². The number of nitrogens with one attached hydrogen (secondary N) is 3. The zero-order valence-corrected chi connectivity index (χ0v) is 56.8. The summed E-state index contributed by atoms with van der Waals surface area (Å²) in [6.45, 7) is 3.95. The fourth-order valence-corrected chi connectivity index (χ4v) is 13.4. The Morgan fingerprint density at radius 3 is 1.47 bits per heavy atom. The third kappa shape index (κ3) is 16.2. The van der Waals surface area contributed by atoms with E-state index < -0.39 is 87.1 Å². The number of pyridine rings is 3. The summed E-state index contributed by atoms with van der Waals surface area (Å²) >= 11 is 0. The van der Waals surface area contributed by atoms with E-state index in [1.165, 1.54) is 35.2 Å². The van der Waals surface area contributed by atoms with Gasteiger partial charge in [-0.25, -0.2) is 35.2 Å². The average molecular weight is 1430 g/mol. The number of fused-ring (bicyclic) bond motifs is 3. The Morgan fingerprint density at radius 1 is 0.529 bits per heavy atom. The van der Waals surface area contributed by atoms with Crippen molar-refractivity contribution in [3.8, 4) is 28.5 Å². The molecule has 3 aromatic heterocycles. The minimum Gasteiger partial charge on any atom is -0.489 e. The molecule has 3 aliphatic rings. The number of alkyl halides is 3. The molecule has 3 heterocycles. The summed E-state index contributed by atoms with van der Waals surface area (Å²) < 4.78 is 92.2. The maximum atomic E-state index is 15.0. The summed E-state index contributed by atoms with van der Waals surface area (Å²) in [5.74, 6) is -5.92. The second-order valence-electron chi connectivity index (χ2n) is 26.2. The molecular weight excluding hydrogens is 1350 g/mol. The van der Waals surface area contributed by atoms with E-state index in [4.69, 9.17) is 45.3 Å². The molecule has 0 aliphatic heterocycles. The SMILES string of the molecule is CCOC(=O)[C@@]1(Cc2ccc(OCc3cc(C(F)(F)F)nc4ccccc34)cc2)C[C@@H]1C(=O)NO.Cc1cc(COc2ccc(C[C@]3(C(=O)N(C)C)C[C@@H]3C(=O)NO)cc2F)c2ccccc2n1.NC(=O)[C@@]1(Cc2ccc(OCc3cc(-c4ccccc4)nc4ccccc34)c(F)c2)C[C@@H]1C(=O)NO. The van der Waals surface area contributed by atoms with Crippen LogP contribution in [0.1, 0.15) is 71.0 Å². The summed E-state index contributed by atoms with van der Waals surface area (Å²) in [5.41, 5.74) is 14.6. The zero-order chi connectivity index (χ0) is 74.3. The number of aryl methyl sites for hydroxylation is 1. The van der Waals surface area contributed by atoms with Gasteiger partial charge in [-0.3, -0.25) is 49.4 Å². The Labute approximate surface area is 593 Å². The lowest BCUT2D eigenvalue weighted by Gasteiger charge is -2.21. The van der Waals surface area contributed by atoms with Crippen LogP contribution in [0.25, 0.3) is 44.0 Å². The summed E-state index contributed by atoms with van der Waals surface area (Å²) in [6.07, 6.45) is -3.32. The molecule has 10 aromatic rings.